The lowest BCUT2D eigenvalue weighted by atomic mass is 10.2. The molecule has 0 fully saturated rings. The molecule has 1 heterocycles. The maximum Gasteiger partial charge on any atom is 0.322 e. The number of carbonyl (C=O) groups excluding carboxylic acids is 1. The lowest BCUT2D eigenvalue weighted by Gasteiger charge is -2.02. The summed E-state index contributed by atoms with van der Waals surface area (Å²) in [7, 11) is 1.57. The summed E-state index contributed by atoms with van der Waals surface area (Å²) in [5.74, 6) is 0.813. The van der Waals surface area contributed by atoms with Crippen LogP contribution in [0.4, 0.5) is 6.01 Å². The Morgan fingerprint density at radius 1 is 1.09 bits per heavy atom. The second-order valence-corrected chi connectivity index (χ2v) is 4.85. The van der Waals surface area contributed by atoms with Crippen molar-refractivity contribution in [2.45, 2.75) is 6.42 Å². The van der Waals surface area contributed by atoms with Crippen molar-refractivity contribution >= 4 is 11.9 Å². The Morgan fingerprint density at radius 2 is 1.83 bits per heavy atom. The Balaban J connectivity index is 1.65. The molecule has 3 aromatic rings. The first-order valence-electron chi connectivity index (χ1n) is 7.06. The van der Waals surface area contributed by atoms with Crippen molar-refractivity contribution in [3.05, 3.63) is 71.6 Å². The van der Waals surface area contributed by atoms with Crippen molar-refractivity contribution in [3.8, 4) is 5.75 Å². The zero-order valence-electron chi connectivity index (χ0n) is 12.5. The molecule has 0 aliphatic heterocycles. The van der Waals surface area contributed by atoms with Gasteiger partial charge in [0.05, 0.1) is 13.5 Å². The van der Waals surface area contributed by atoms with Gasteiger partial charge in [0.2, 0.25) is 5.89 Å². The third-order valence-corrected chi connectivity index (χ3v) is 3.24. The summed E-state index contributed by atoms with van der Waals surface area (Å²) in [6, 6.07) is 16.6. The Labute approximate surface area is 133 Å². The molecule has 1 amide bonds. The van der Waals surface area contributed by atoms with Crippen LogP contribution in [0.5, 0.6) is 5.75 Å². The van der Waals surface area contributed by atoms with Crippen molar-refractivity contribution in [2.75, 3.05) is 12.4 Å². The number of nitrogens with one attached hydrogen (secondary N) is 1. The van der Waals surface area contributed by atoms with Crippen molar-refractivity contribution in [1.82, 2.24) is 10.2 Å². The summed E-state index contributed by atoms with van der Waals surface area (Å²) < 4.78 is 10.5. The number of amides is 1. The average Bonchev–Trinajstić information content (AvgIpc) is 3.02. The molecule has 116 valence electrons. The van der Waals surface area contributed by atoms with Gasteiger partial charge in [-0.1, -0.05) is 35.4 Å². The van der Waals surface area contributed by atoms with Gasteiger partial charge in [0, 0.05) is 5.56 Å². The van der Waals surface area contributed by atoms with Crippen LogP contribution in [0.3, 0.4) is 0 Å². The number of carbonyl (C=O) groups is 1. The van der Waals surface area contributed by atoms with Gasteiger partial charge in [0.25, 0.3) is 5.91 Å². The minimum atomic E-state index is -0.317. The second kappa shape index (κ2) is 6.74. The highest BCUT2D eigenvalue weighted by Gasteiger charge is 2.12. The van der Waals surface area contributed by atoms with Gasteiger partial charge in [0.15, 0.2) is 0 Å². The topological polar surface area (TPSA) is 77.2 Å². The molecule has 6 nitrogen and oxygen atoms in total. The van der Waals surface area contributed by atoms with Gasteiger partial charge in [0.1, 0.15) is 5.75 Å². The minimum Gasteiger partial charge on any atom is -0.497 e. The van der Waals surface area contributed by atoms with Crippen LogP contribution in [0.15, 0.2) is 59.0 Å². The number of hydrogen-bond donors (Lipinski definition) is 1. The molecule has 6 heteroatoms. The number of nitrogens with zero attached hydrogens (tertiary/aromatic N) is 2. The second-order valence-electron chi connectivity index (χ2n) is 4.85. The van der Waals surface area contributed by atoms with Gasteiger partial charge < -0.3 is 9.15 Å². The van der Waals surface area contributed by atoms with E-state index in [2.05, 4.69) is 15.5 Å². The number of anilines is 1. The van der Waals surface area contributed by atoms with E-state index in [-0.39, 0.29) is 11.9 Å². The summed E-state index contributed by atoms with van der Waals surface area (Å²) in [6.45, 7) is 0. The third-order valence-electron chi connectivity index (χ3n) is 3.24. The lowest BCUT2D eigenvalue weighted by Crippen LogP contribution is -2.11. The van der Waals surface area contributed by atoms with Crippen LogP contribution in [0, 0.1) is 0 Å². The molecule has 1 N–H and O–H groups in total. The van der Waals surface area contributed by atoms with Crippen LogP contribution in [0.1, 0.15) is 21.8 Å². The molecule has 3 rings (SSSR count). The molecule has 2 aromatic carbocycles. The van der Waals surface area contributed by atoms with Gasteiger partial charge in [-0.3, -0.25) is 10.1 Å². The van der Waals surface area contributed by atoms with Crippen LogP contribution >= 0.6 is 0 Å². The van der Waals surface area contributed by atoms with Gasteiger partial charge in [-0.05, 0) is 29.8 Å². The van der Waals surface area contributed by atoms with Crippen LogP contribution < -0.4 is 10.1 Å². The number of methoxy groups -OCH3 is 1. The maximum absolute atomic E-state index is 12.1. The van der Waals surface area contributed by atoms with Crippen molar-refractivity contribution in [1.29, 1.82) is 0 Å². The lowest BCUT2D eigenvalue weighted by molar-refractivity contribution is 0.102. The van der Waals surface area contributed by atoms with E-state index in [1.807, 2.05) is 30.3 Å². The molecule has 0 radical (unpaired) electrons. The molecule has 0 unspecified atom stereocenters. The number of rotatable bonds is 5. The third kappa shape index (κ3) is 3.74. The molecule has 1 aromatic heterocycles. The van der Waals surface area contributed by atoms with Gasteiger partial charge in [-0.15, -0.1) is 5.10 Å². The van der Waals surface area contributed by atoms with E-state index in [1.54, 1.807) is 31.4 Å². The quantitative estimate of drug-likeness (QED) is 0.784. The highest BCUT2D eigenvalue weighted by molar-refractivity contribution is 6.03. The minimum absolute atomic E-state index is 0.0803. The first-order valence-corrected chi connectivity index (χ1v) is 7.06. The molecule has 0 saturated heterocycles. The smallest absolute Gasteiger partial charge is 0.322 e. The van der Waals surface area contributed by atoms with E-state index >= 15 is 0 Å². The van der Waals surface area contributed by atoms with Crippen molar-refractivity contribution in [2.24, 2.45) is 0 Å². The number of hydrogen-bond acceptors (Lipinski definition) is 5. The first-order chi connectivity index (χ1) is 11.2. The predicted molar refractivity (Wildman–Crippen MR) is 84.5 cm³/mol. The van der Waals surface area contributed by atoms with E-state index < -0.39 is 0 Å². The number of aromatic nitrogens is 2. The maximum atomic E-state index is 12.1. The number of ether oxygens (including phenoxy) is 1. The Hall–Kier alpha value is -3.15. The molecule has 0 saturated carbocycles. The molecule has 0 spiro atoms. The summed E-state index contributed by atoms with van der Waals surface area (Å²) in [6.07, 6.45) is 0.520. The zero-order chi connectivity index (χ0) is 16.1. The first kappa shape index (κ1) is 14.8. The van der Waals surface area contributed by atoms with Crippen LogP contribution in [-0.4, -0.2) is 23.2 Å². The largest absolute Gasteiger partial charge is 0.497 e. The summed E-state index contributed by atoms with van der Waals surface area (Å²) in [5.41, 5.74) is 1.54. The van der Waals surface area contributed by atoms with Crippen LogP contribution in [0.2, 0.25) is 0 Å². The molecule has 23 heavy (non-hydrogen) atoms. The van der Waals surface area contributed by atoms with E-state index in [1.165, 1.54) is 0 Å². The fourth-order valence-electron chi connectivity index (χ4n) is 2.06. The van der Waals surface area contributed by atoms with Gasteiger partial charge >= 0.3 is 6.01 Å². The average molecular weight is 309 g/mol. The molecule has 0 bridgehead atoms. The number of benzene rings is 2. The standard InChI is InChI=1S/C17H15N3O3/c1-22-14-9-7-13(8-10-14)16(21)18-17-20-19-15(23-17)11-12-5-3-2-4-6-12/h2-10H,11H2,1H3,(H,18,20,21). The molecule has 0 aliphatic carbocycles. The fourth-order valence-corrected chi connectivity index (χ4v) is 2.06. The van der Waals surface area contributed by atoms with E-state index in [4.69, 9.17) is 9.15 Å². The highest BCUT2D eigenvalue weighted by Crippen LogP contribution is 2.14. The molecular weight excluding hydrogens is 294 g/mol. The zero-order valence-corrected chi connectivity index (χ0v) is 12.5. The molecular formula is C17H15N3O3. The highest BCUT2D eigenvalue weighted by atomic mass is 16.5. The Bertz CT molecular complexity index is 782. The monoisotopic (exact) mass is 309 g/mol. The fraction of sp³-hybridized carbons (Fsp3) is 0.118. The Morgan fingerprint density at radius 3 is 2.52 bits per heavy atom. The van der Waals surface area contributed by atoms with Gasteiger partial charge in [-0.2, -0.15) is 0 Å². The van der Waals surface area contributed by atoms with E-state index in [0.717, 1.165) is 5.56 Å². The van der Waals surface area contributed by atoms with Crippen molar-refractivity contribution in [3.63, 3.8) is 0 Å². The van der Waals surface area contributed by atoms with Crippen molar-refractivity contribution < 1.29 is 13.9 Å². The molecule has 0 aliphatic rings. The Kier molecular flexibility index (Phi) is 4.33. The summed E-state index contributed by atoms with van der Waals surface area (Å²) in [5, 5.41) is 10.4. The molecule has 0 atom stereocenters. The van der Waals surface area contributed by atoms with Crippen LogP contribution in [-0.2, 0) is 6.42 Å². The van der Waals surface area contributed by atoms with Crippen LogP contribution in [0.25, 0.3) is 0 Å². The van der Waals surface area contributed by atoms with E-state index in [9.17, 15) is 4.79 Å². The van der Waals surface area contributed by atoms with E-state index in [0.29, 0.717) is 23.6 Å². The van der Waals surface area contributed by atoms with Gasteiger partial charge in [-0.25, -0.2) is 0 Å². The SMILES string of the molecule is COc1ccc(C(=O)Nc2nnc(Cc3ccccc3)o2)cc1. The normalized spacial score (nSPS) is 10.3. The summed E-state index contributed by atoms with van der Waals surface area (Å²) >= 11 is 0. The summed E-state index contributed by atoms with van der Waals surface area (Å²) in [4.78, 5) is 12.1. The predicted octanol–water partition coefficient (Wildman–Crippen LogP) is 2.92.